The molecule has 0 spiro atoms. The van der Waals surface area contributed by atoms with Crippen LogP contribution in [0, 0.1) is 6.92 Å². The molecule has 0 aliphatic rings. The number of aryl methyl sites for hydroxylation is 2. The van der Waals surface area contributed by atoms with Gasteiger partial charge in [-0.1, -0.05) is 29.4 Å². The van der Waals surface area contributed by atoms with Gasteiger partial charge in [0.05, 0.1) is 6.04 Å². The van der Waals surface area contributed by atoms with E-state index >= 15 is 0 Å². The van der Waals surface area contributed by atoms with E-state index in [0.717, 1.165) is 5.56 Å². The molecule has 0 bridgehead atoms. The van der Waals surface area contributed by atoms with E-state index in [0.29, 0.717) is 12.8 Å². The van der Waals surface area contributed by atoms with Crippen molar-refractivity contribution in [3.05, 3.63) is 35.4 Å². The molecule has 1 rings (SSSR count). The Bertz CT molecular complexity index is 444. The highest BCUT2D eigenvalue weighted by Gasteiger charge is 2.11. The van der Waals surface area contributed by atoms with Crippen LogP contribution < -0.4 is 11.1 Å². The van der Waals surface area contributed by atoms with Crippen LogP contribution >= 0.6 is 0 Å². The van der Waals surface area contributed by atoms with Crippen molar-refractivity contribution in [3.8, 4) is 0 Å². The smallest absolute Gasteiger partial charge is 0.220 e. The fourth-order valence-electron chi connectivity index (χ4n) is 1.61. The average Bonchev–Trinajstić information content (AvgIpc) is 2.36. The van der Waals surface area contributed by atoms with Crippen molar-refractivity contribution in [1.29, 1.82) is 0 Å². The highest BCUT2D eigenvalue weighted by molar-refractivity contribution is 5.89. The molecule has 1 aromatic rings. The molecule has 5 nitrogen and oxygen atoms in total. The number of nitrogens with two attached hydrogens (primary N) is 1. The topological polar surface area (TPSA) is 87.7 Å². The van der Waals surface area contributed by atoms with Crippen molar-refractivity contribution >= 4 is 11.7 Å². The van der Waals surface area contributed by atoms with Gasteiger partial charge in [-0.05, 0) is 31.4 Å². The van der Waals surface area contributed by atoms with E-state index in [4.69, 9.17) is 10.9 Å². The molecular weight excluding hydrogens is 230 g/mol. The summed E-state index contributed by atoms with van der Waals surface area (Å²) in [5.74, 6) is -0.114. The van der Waals surface area contributed by atoms with Crippen LogP contribution in [0.1, 0.15) is 24.5 Å². The summed E-state index contributed by atoms with van der Waals surface area (Å²) >= 11 is 0. The lowest BCUT2D eigenvalue weighted by Gasteiger charge is -2.12. The van der Waals surface area contributed by atoms with Gasteiger partial charge in [-0.2, -0.15) is 0 Å². The minimum absolute atomic E-state index is 0.000702. The number of hydrogen-bond acceptors (Lipinski definition) is 3. The Hall–Kier alpha value is -2.04. The molecule has 0 fully saturated rings. The fraction of sp³-hybridized carbons (Fsp3) is 0.385. The maximum atomic E-state index is 11.7. The second-order valence-corrected chi connectivity index (χ2v) is 4.24. The van der Waals surface area contributed by atoms with Gasteiger partial charge in [-0.25, -0.2) is 0 Å². The molecule has 4 N–H and O–H groups in total. The zero-order valence-electron chi connectivity index (χ0n) is 10.7. The van der Waals surface area contributed by atoms with Gasteiger partial charge in [0.15, 0.2) is 5.84 Å². The average molecular weight is 249 g/mol. The Labute approximate surface area is 107 Å². The number of amidine groups is 1. The van der Waals surface area contributed by atoms with Crippen molar-refractivity contribution in [2.75, 3.05) is 0 Å². The zero-order valence-corrected chi connectivity index (χ0v) is 10.7. The van der Waals surface area contributed by atoms with E-state index in [2.05, 4.69) is 10.5 Å². The van der Waals surface area contributed by atoms with Crippen molar-refractivity contribution in [2.45, 2.75) is 32.7 Å². The van der Waals surface area contributed by atoms with Gasteiger partial charge in [0.25, 0.3) is 0 Å². The number of hydrogen-bond donors (Lipinski definition) is 3. The second kappa shape index (κ2) is 6.64. The first-order valence-corrected chi connectivity index (χ1v) is 5.86. The van der Waals surface area contributed by atoms with Crippen LogP contribution in [0.15, 0.2) is 29.4 Å². The third-order valence-electron chi connectivity index (χ3n) is 2.82. The van der Waals surface area contributed by atoms with E-state index in [1.54, 1.807) is 6.92 Å². The van der Waals surface area contributed by atoms with Crippen LogP contribution in [0.3, 0.4) is 0 Å². The number of nitrogens with zero attached hydrogens (tertiary/aromatic N) is 1. The Morgan fingerprint density at radius 2 is 2.17 bits per heavy atom. The van der Waals surface area contributed by atoms with Crippen LogP contribution in [-0.2, 0) is 11.2 Å². The molecule has 0 saturated carbocycles. The van der Waals surface area contributed by atoms with Crippen molar-refractivity contribution in [1.82, 2.24) is 5.32 Å². The lowest BCUT2D eigenvalue weighted by atomic mass is 10.0. The van der Waals surface area contributed by atoms with Crippen molar-refractivity contribution < 1.29 is 10.0 Å². The molecule has 98 valence electrons. The normalized spacial score (nSPS) is 13.1. The fourth-order valence-corrected chi connectivity index (χ4v) is 1.61. The van der Waals surface area contributed by atoms with Crippen LogP contribution in [0.4, 0.5) is 0 Å². The molecule has 0 aliphatic carbocycles. The molecule has 1 unspecified atom stereocenters. The number of oxime groups is 1. The molecule has 0 aromatic heterocycles. The van der Waals surface area contributed by atoms with E-state index in [-0.39, 0.29) is 11.7 Å². The summed E-state index contributed by atoms with van der Waals surface area (Å²) in [5.41, 5.74) is 7.71. The summed E-state index contributed by atoms with van der Waals surface area (Å²) in [6.07, 6.45) is 1.06. The molecule has 0 saturated heterocycles. The largest absolute Gasteiger partial charge is 0.409 e. The van der Waals surface area contributed by atoms with E-state index in [1.807, 2.05) is 31.2 Å². The highest BCUT2D eigenvalue weighted by atomic mass is 16.4. The van der Waals surface area contributed by atoms with E-state index in [9.17, 15) is 4.79 Å². The molecule has 5 heteroatoms. The van der Waals surface area contributed by atoms with Gasteiger partial charge in [0, 0.05) is 6.42 Å². The SMILES string of the molecule is Cc1ccccc1CCC(=O)NC(C)C(N)=NO. The molecule has 0 heterocycles. The number of amides is 1. The quantitative estimate of drug-likeness (QED) is 0.317. The summed E-state index contributed by atoms with van der Waals surface area (Å²) < 4.78 is 0. The van der Waals surface area contributed by atoms with E-state index in [1.165, 1.54) is 5.56 Å². The predicted molar refractivity (Wildman–Crippen MR) is 70.5 cm³/mol. The van der Waals surface area contributed by atoms with Crippen LogP contribution in [0.5, 0.6) is 0 Å². The number of rotatable bonds is 5. The minimum Gasteiger partial charge on any atom is -0.409 e. The first-order chi connectivity index (χ1) is 8.54. The Kier molecular flexibility index (Phi) is 5.17. The molecule has 1 aromatic carbocycles. The van der Waals surface area contributed by atoms with Crippen LogP contribution in [0.25, 0.3) is 0 Å². The van der Waals surface area contributed by atoms with Gasteiger partial charge in [-0.15, -0.1) is 0 Å². The maximum absolute atomic E-state index is 11.7. The summed E-state index contributed by atoms with van der Waals surface area (Å²) in [5, 5.41) is 14.0. The third-order valence-corrected chi connectivity index (χ3v) is 2.82. The predicted octanol–water partition coefficient (Wildman–Crippen LogP) is 1.18. The van der Waals surface area contributed by atoms with Gasteiger partial charge < -0.3 is 16.3 Å². The molecule has 0 aliphatic heterocycles. The van der Waals surface area contributed by atoms with Crippen molar-refractivity contribution in [2.24, 2.45) is 10.9 Å². The molecule has 18 heavy (non-hydrogen) atoms. The lowest BCUT2D eigenvalue weighted by molar-refractivity contribution is -0.121. The maximum Gasteiger partial charge on any atom is 0.220 e. The molecular formula is C13H19N3O2. The molecule has 0 radical (unpaired) electrons. The second-order valence-electron chi connectivity index (χ2n) is 4.24. The highest BCUT2D eigenvalue weighted by Crippen LogP contribution is 2.09. The van der Waals surface area contributed by atoms with Crippen LogP contribution in [-0.4, -0.2) is 23.0 Å². The minimum atomic E-state index is -0.459. The number of benzene rings is 1. The molecule has 1 atom stereocenters. The standard InChI is InChI=1S/C13H19N3O2/c1-9-5-3-4-6-11(9)7-8-12(17)15-10(2)13(14)16-18/h3-6,10,18H,7-8H2,1-2H3,(H2,14,16)(H,15,17). The van der Waals surface area contributed by atoms with Crippen molar-refractivity contribution in [3.63, 3.8) is 0 Å². The van der Waals surface area contributed by atoms with Gasteiger partial charge in [-0.3, -0.25) is 4.79 Å². The van der Waals surface area contributed by atoms with Gasteiger partial charge >= 0.3 is 0 Å². The van der Waals surface area contributed by atoms with Crippen LogP contribution in [0.2, 0.25) is 0 Å². The molecule has 1 amide bonds. The monoisotopic (exact) mass is 249 g/mol. The van der Waals surface area contributed by atoms with E-state index < -0.39 is 6.04 Å². The zero-order chi connectivity index (χ0) is 13.5. The summed E-state index contributed by atoms with van der Waals surface area (Å²) in [6.45, 7) is 3.69. The number of nitrogens with one attached hydrogen (secondary N) is 1. The first-order valence-electron chi connectivity index (χ1n) is 5.86. The summed E-state index contributed by atoms with van der Waals surface area (Å²) in [7, 11) is 0. The lowest BCUT2D eigenvalue weighted by Crippen LogP contribution is -2.42. The van der Waals surface area contributed by atoms with Gasteiger partial charge in [0.1, 0.15) is 0 Å². The number of carbonyl (C=O) groups is 1. The Morgan fingerprint density at radius 3 is 2.78 bits per heavy atom. The summed E-state index contributed by atoms with van der Waals surface area (Å²) in [4.78, 5) is 11.7. The Balaban J connectivity index is 2.45. The third kappa shape index (κ3) is 4.08. The first kappa shape index (κ1) is 14.0. The number of carbonyl (C=O) groups excluding carboxylic acids is 1. The summed E-state index contributed by atoms with van der Waals surface area (Å²) in [6, 6.07) is 7.50. The Morgan fingerprint density at radius 1 is 1.50 bits per heavy atom. The van der Waals surface area contributed by atoms with Gasteiger partial charge in [0.2, 0.25) is 5.91 Å².